The molecule has 1 aromatic heterocycles. The van der Waals surface area contributed by atoms with Gasteiger partial charge in [-0.15, -0.1) is 23.1 Å². The zero-order valence-corrected chi connectivity index (χ0v) is 18.2. The van der Waals surface area contributed by atoms with Crippen molar-refractivity contribution in [2.45, 2.75) is 50.9 Å². The van der Waals surface area contributed by atoms with Crippen LogP contribution in [-0.4, -0.2) is 35.1 Å². The maximum Gasteiger partial charge on any atom is 0.255 e. The Labute approximate surface area is 175 Å². The van der Waals surface area contributed by atoms with Crippen LogP contribution in [0.4, 0.5) is 0 Å². The standard InChI is InChI=1S/C22H28N2O2S2/c1-3-4-5-6-13-23-20(25)18-15-28-22(19-8-7-14-27-19)24(18)21(26)17-11-9-16(2)10-12-17/h7-12,14,18,22H,3-6,13,15H2,1-2H3,(H,23,25). The molecule has 0 spiro atoms. The number of aryl methyl sites for hydroxylation is 1. The van der Waals surface area contributed by atoms with Gasteiger partial charge in [0.2, 0.25) is 5.91 Å². The Morgan fingerprint density at radius 1 is 1.14 bits per heavy atom. The topological polar surface area (TPSA) is 49.4 Å². The third-order valence-electron chi connectivity index (χ3n) is 4.95. The number of benzene rings is 1. The number of amides is 2. The summed E-state index contributed by atoms with van der Waals surface area (Å²) in [5, 5.41) is 4.96. The van der Waals surface area contributed by atoms with Gasteiger partial charge in [-0.05, 0) is 36.9 Å². The maximum absolute atomic E-state index is 13.3. The molecule has 3 rings (SSSR count). The molecule has 1 aromatic carbocycles. The summed E-state index contributed by atoms with van der Waals surface area (Å²) < 4.78 is 0. The van der Waals surface area contributed by atoms with Crippen molar-refractivity contribution in [2.75, 3.05) is 12.3 Å². The van der Waals surface area contributed by atoms with E-state index in [1.807, 2.05) is 48.7 Å². The summed E-state index contributed by atoms with van der Waals surface area (Å²) in [5.74, 6) is 0.513. The molecule has 1 aliphatic heterocycles. The maximum atomic E-state index is 13.3. The molecule has 0 radical (unpaired) electrons. The Hall–Kier alpha value is -1.79. The van der Waals surface area contributed by atoms with Crippen molar-refractivity contribution in [3.05, 3.63) is 57.8 Å². The number of carbonyl (C=O) groups excluding carboxylic acids is 2. The molecule has 1 aliphatic rings. The summed E-state index contributed by atoms with van der Waals surface area (Å²) in [6.07, 6.45) is 4.47. The Morgan fingerprint density at radius 3 is 2.61 bits per heavy atom. The van der Waals surface area contributed by atoms with E-state index in [1.54, 1.807) is 28.0 Å². The van der Waals surface area contributed by atoms with E-state index in [4.69, 9.17) is 0 Å². The third-order valence-corrected chi connectivity index (χ3v) is 7.33. The van der Waals surface area contributed by atoms with Crippen molar-refractivity contribution in [3.8, 4) is 0 Å². The van der Waals surface area contributed by atoms with E-state index in [0.717, 1.165) is 23.3 Å². The lowest BCUT2D eigenvalue weighted by atomic mass is 10.1. The van der Waals surface area contributed by atoms with Crippen LogP contribution in [0.5, 0.6) is 0 Å². The second-order valence-corrected chi connectivity index (χ2v) is 9.24. The van der Waals surface area contributed by atoms with Crippen LogP contribution in [0.15, 0.2) is 41.8 Å². The number of nitrogens with one attached hydrogen (secondary N) is 1. The Bertz CT molecular complexity index is 774. The summed E-state index contributed by atoms with van der Waals surface area (Å²) >= 11 is 3.31. The molecule has 4 nitrogen and oxygen atoms in total. The van der Waals surface area contributed by atoms with E-state index in [0.29, 0.717) is 17.9 Å². The number of nitrogens with zero attached hydrogens (tertiary/aromatic N) is 1. The van der Waals surface area contributed by atoms with Gasteiger partial charge in [0.1, 0.15) is 11.4 Å². The van der Waals surface area contributed by atoms with E-state index in [9.17, 15) is 9.59 Å². The average molecular weight is 417 g/mol. The van der Waals surface area contributed by atoms with Crippen molar-refractivity contribution in [2.24, 2.45) is 0 Å². The van der Waals surface area contributed by atoms with E-state index in [1.165, 1.54) is 12.8 Å². The number of rotatable bonds is 8. The largest absolute Gasteiger partial charge is 0.354 e. The fraction of sp³-hybridized carbons (Fsp3) is 0.455. The van der Waals surface area contributed by atoms with E-state index in [-0.39, 0.29) is 17.2 Å². The van der Waals surface area contributed by atoms with Crippen molar-refractivity contribution in [1.29, 1.82) is 0 Å². The van der Waals surface area contributed by atoms with Crippen LogP contribution in [0.25, 0.3) is 0 Å². The lowest BCUT2D eigenvalue weighted by Crippen LogP contribution is -2.48. The number of thiophene rings is 1. The minimum absolute atomic E-state index is 0.0384. The lowest BCUT2D eigenvalue weighted by Gasteiger charge is -2.28. The first-order valence-electron chi connectivity index (χ1n) is 9.94. The molecule has 0 saturated carbocycles. The molecule has 2 unspecified atom stereocenters. The monoisotopic (exact) mass is 416 g/mol. The van der Waals surface area contributed by atoms with Gasteiger partial charge in [-0.3, -0.25) is 9.59 Å². The molecule has 1 fully saturated rings. The van der Waals surface area contributed by atoms with Crippen LogP contribution >= 0.6 is 23.1 Å². The first kappa shape index (κ1) is 20.9. The Balaban J connectivity index is 1.75. The van der Waals surface area contributed by atoms with E-state index >= 15 is 0 Å². The van der Waals surface area contributed by atoms with Crippen molar-refractivity contribution in [1.82, 2.24) is 10.2 Å². The van der Waals surface area contributed by atoms with Crippen molar-refractivity contribution >= 4 is 34.9 Å². The molecular formula is C22H28N2O2S2. The summed E-state index contributed by atoms with van der Waals surface area (Å²) in [6.45, 7) is 4.85. The van der Waals surface area contributed by atoms with Gasteiger partial charge in [-0.25, -0.2) is 0 Å². The molecule has 1 N–H and O–H groups in total. The molecule has 0 aliphatic carbocycles. The van der Waals surface area contributed by atoms with Gasteiger partial charge in [0.25, 0.3) is 5.91 Å². The molecule has 2 aromatic rings. The van der Waals surface area contributed by atoms with E-state index < -0.39 is 6.04 Å². The number of carbonyl (C=O) groups is 2. The number of hydrogen-bond acceptors (Lipinski definition) is 4. The molecule has 2 amide bonds. The zero-order valence-electron chi connectivity index (χ0n) is 16.5. The number of thioether (sulfide) groups is 1. The fourth-order valence-corrected chi connectivity index (χ4v) is 5.73. The summed E-state index contributed by atoms with van der Waals surface area (Å²) in [4.78, 5) is 29.1. The van der Waals surface area contributed by atoms with Crippen LogP contribution in [-0.2, 0) is 4.79 Å². The predicted octanol–water partition coefficient (Wildman–Crippen LogP) is 5.01. The van der Waals surface area contributed by atoms with Crippen LogP contribution in [0, 0.1) is 6.92 Å². The highest BCUT2D eigenvalue weighted by molar-refractivity contribution is 7.99. The summed E-state index contributed by atoms with van der Waals surface area (Å²) in [7, 11) is 0. The fourth-order valence-electron chi connectivity index (χ4n) is 3.33. The minimum atomic E-state index is -0.433. The molecule has 2 heterocycles. The first-order chi connectivity index (χ1) is 13.6. The molecule has 1 saturated heterocycles. The van der Waals surface area contributed by atoms with Gasteiger partial charge in [0, 0.05) is 22.7 Å². The van der Waals surface area contributed by atoms with Crippen LogP contribution in [0.3, 0.4) is 0 Å². The third kappa shape index (κ3) is 4.97. The molecule has 6 heteroatoms. The van der Waals surface area contributed by atoms with Crippen molar-refractivity contribution in [3.63, 3.8) is 0 Å². The Morgan fingerprint density at radius 2 is 1.93 bits per heavy atom. The molecule has 0 bridgehead atoms. The highest BCUT2D eigenvalue weighted by Gasteiger charge is 2.42. The van der Waals surface area contributed by atoms with E-state index in [2.05, 4.69) is 12.2 Å². The van der Waals surface area contributed by atoms with Crippen LogP contribution in [0.2, 0.25) is 0 Å². The van der Waals surface area contributed by atoms with Gasteiger partial charge in [0.05, 0.1) is 0 Å². The molecular weight excluding hydrogens is 388 g/mol. The number of unbranched alkanes of at least 4 members (excludes halogenated alkanes) is 3. The second kappa shape index (κ2) is 10.1. The SMILES string of the molecule is CCCCCCNC(=O)C1CSC(c2cccs2)N1C(=O)c1ccc(C)cc1. The minimum Gasteiger partial charge on any atom is -0.354 e. The molecule has 28 heavy (non-hydrogen) atoms. The van der Waals surface area contributed by atoms with Crippen molar-refractivity contribution < 1.29 is 9.59 Å². The second-order valence-electron chi connectivity index (χ2n) is 7.15. The van der Waals surface area contributed by atoms with Gasteiger partial charge in [0.15, 0.2) is 0 Å². The number of hydrogen-bond donors (Lipinski definition) is 1. The normalized spacial score (nSPS) is 19.0. The first-order valence-corrected chi connectivity index (χ1v) is 11.9. The average Bonchev–Trinajstić information content (AvgIpc) is 3.37. The zero-order chi connectivity index (χ0) is 19.9. The molecule has 150 valence electrons. The highest BCUT2D eigenvalue weighted by atomic mass is 32.2. The predicted molar refractivity (Wildman–Crippen MR) is 118 cm³/mol. The lowest BCUT2D eigenvalue weighted by molar-refractivity contribution is -0.124. The highest BCUT2D eigenvalue weighted by Crippen LogP contribution is 2.43. The van der Waals surface area contributed by atoms with Gasteiger partial charge in [-0.1, -0.05) is 49.9 Å². The van der Waals surface area contributed by atoms with Crippen LogP contribution < -0.4 is 5.32 Å². The van der Waals surface area contributed by atoms with Gasteiger partial charge in [-0.2, -0.15) is 0 Å². The summed E-state index contributed by atoms with van der Waals surface area (Å²) in [5.41, 5.74) is 1.75. The smallest absolute Gasteiger partial charge is 0.255 e. The quantitative estimate of drug-likeness (QED) is 0.616. The van der Waals surface area contributed by atoms with Gasteiger partial charge >= 0.3 is 0 Å². The molecule has 2 atom stereocenters. The van der Waals surface area contributed by atoms with Gasteiger partial charge < -0.3 is 10.2 Å². The Kier molecular flexibility index (Phi) is 7.57. The summed E-state index contributed by atoms with van der Waals surface area (Å²) in [6, 6.07) is 11.2. The van der Waals surface area contributed by atoms with Crippen LogP contribution in [0.1, 0.15) is 58.8 Å².